The highest BCUT2D eigenvalue weighted by molar-refractivity contribution is 9.08. The number of rotatable bonds is 3. The van der Waals surface area contributed by atoms with Crippen LogP contribution < -0.4 is 4.90 Å². The SMILES string of the molecule is CCC1CCCCN1c1ccc(F)cc1CBr. The maximum atomic E-state index is 13.2. The molecule has 1 nitrogen and oxygen atoms in total. The van der Waals surface area contributed by atoms with Gasteiger partial charge in [0, 0.05) is 23.6 Å². The minimum Gasteiger partial charge on any atom is -0.368 e. The molecule has 1 aliphatic rings. The van der Waals surface area contributed by atoms with Gasteiger partial charge in [0.05, 0.1) is 0 Å². The predicted molar refractivity (Wildman–Crippen MR) is 74.3 cm³/mol. The molecule has 0 spiro atoms. The zero-order valence-corrected chi connectivity index (χ0v) is 11.8. The van der Waals surface area contributed by atoms with Gasteiger partial charge in [0.1, 0.15) is 5.82 Å². The Labute approximate surface area is 111 Å². The zero-order chi connectivity index (χ0) is 12.3. The van der Waals surface area contributed by atoms with Gasteiger partial charge in [-0.25, -0.2) is 4.39 Å². The van der Waals surface area contributed by atoms with E-state index in [4.69, 9.17) is 0 Å². The van der Waals surface area contributed by atoms with E-state index in [1.54, 1.807) is 12.1 Å². The van der Waals surface area contributed by atoms with Gasteiger partial charge in [-0.3, -0.25) is 0 Å². The summed E-state index contributed by atoms with van der Waals surface area (Å²) in [4.78, 5) is 2.46. The average Bonchev–Trinajstić information content (AvgIpc) is 2.38. The van der Waals surface area contributed by atoms with Gasteiger partial charge in [0.2, 0.25) is 0 Å². The van der Waals surface area contributed by atoms with Crippen molar-refractivity contribution in [2.75, 3.05) is 11.4 Å². The molecule has 3 heteroatoms. The fourth-order valence-corrected chi connectivity index (χ4v) is 3.13. The summed E-state index contributed by atoms with van der Waals surface area (Å²) < 4.78 is 13.2. The highest BCUT2D eigenvalue weighted by Gasteiger charge is 2.22. The fourth-order valence-electron chi connectivity index (χ4n) is 2.68. The van der Waals surface area contributed by atoms with Crippen LogP contribution in [0.25, 0.3) is 0 Å². The lowest BCUT2D eigenvalue weighted by Crippen LogP contribution is -2.39. The molecule has 1 unspecified atom stereocenters. The Hall–Kier alpha value is -0.570. The van der Waals surface area contributed by atoms with Gasteiger partial charge in [-0.1, -0.05) is 22.9 Å². The Kier molecular flexibility index (Phi) is 4.43. The molecule has 1 heterocycles. The summed E-state index contributed by atoms with van der Waals surface area (Å²) in [6, 6.07) is 5.76. The van der Waals surface area contributed by atoms with Crippen LogP contribution in [0.2, 0.25) is 0 Å². The number of nitrogens with zero attached hydrogens (tertiary/aromatic N) is 1. The average molecular weight is 300 g/mol. The van der Waals surface area contributed by atoms with E-state index < -0.39 is 0 Å². The first-order chi connectivity index (χ1) is 8.26. The minimum atomic E-state index is -0.145. The van der Waals surface area contributed by atoms with Crippen molar-refractivity contribution in [1.29, 1.82) is 0 Å². The van der Waals surface area contributed by atoms with E-state index in [-0.39, 0.29) is 5.82 Å². The molecular formula is C14H19BrFN. The summed E-state index contributed by atoms with van der Waals surface area (Å²) in [6.07, 6.45) is 4.99. The van der Waals surface area contributed by atoms with Crippen molar-refractivity contribution in [2.24, 2.45) is 0 Å². The Morgan fingerprint density at radius 1 is 1.41 bits per heavy atom. The Balaban J connectivity index is 2.30. The van der Waals surface area contributed by atoms with Crippen LogP contribution in [-0.2, 0) is 5.33 Å². The molecule has 17 heavy (non-hydrogen) atoms. The number of hydrogen-bond donors (Lipinski definition) is 0. The van der Waals surface area contributed by atoms with Gasteiger partial charge in [0.15, 0.2) is 0 Å². The van der Waals surface area contributed by atoms with Crippen molar-refractivity contribution in [3.05, 3.63) is 29.6 Å². The van der Waals surface area contributed by atoms with Crippen LogP contribution in [0.3, 0.4) is 0 Å². The lowest BCUT2D eigenvalue weighted by Gasteiger charge is -2.38. The second-order valence-corrected chi connectivity index (χ2v) is 5.22. The zero-order valence-electron chi connectivity index (χ0n) is 10.3. The second kappa shape index (κ2) is 5.85. The molecular weight excluding hydrogens is 281 g/mol. The monoisotopic (exact) mass is 299 g/mol. The molecule has 94 valence electrons. The smallest absolute Gasteiger partial charge is 0.123 e. The molecule has 0 saturated carbocycles. The first-order valence-corrected chi connectivity index (χ1v) is 7.49. The summed E-state index contributed by atoms with van der Waals surface area (Å²) >= 11 is 3.46. The molecule has 1 saturated heterocycles. The summed E-state index contributed by atoms with van der Waals surface area (Å²) in [5, 5.41) is 0.715. The van der Waals surface area contributed by atoms with Gasteiger partial charge in [-0.05, 0) is 49.4 Å². The Bertz CT molecular complexity index is 380. The van der Waals surface area contributed by atoms with E-state index >= 15 is 0 Å². The second-order valence-electron chi connectivity index (χ2n) is 4.66. The first-order valence-electron chi connectivity index (χ1n) is 6.37. The molecule has 1 aromatic carbocycles. The number of hydrogen-bond acceptors (Lipinski definition) is 1. The van der Waals surface area contributed by atoms with Crippen LogP contribution in [0, 0.1) is 5.82 Å². The highest BCUT2D eigenvalue weighted by atomic mass is 79.9. The molecule has 0 aliphatic carbocycles. The highest BCUT2D eigenvalue weighted by Crippen LogP contribution is 2.30. The van der Waals surface area contributed by atoms with Gasteiger partial charge < -0.3 is 4.90 Å². The molecule has 0 aromatic heterocycles. The normalized spacial score (nSPS) is 20.6. The van der Waals surface area contributed by atoms with E-state index in [9.17, 15) is 4.39 Å². The van der Waals surface area contributed by atoms with E-state index in [1.807, 2.05) is 6.07 Å². The third-order valence-electron chi connectivity index (χ3n) is 3.59. The third kappa shape index (κ3) is 2.82. The summed E-state index contributed by atoms with van der Waals surface area (Å²) in [5.74, 6) is -0.145. The van der Waals surface area contributed by atoms with Crippen LogP contribution in [0.1, 0.15) is 38.2 Å². The number of piperidine rings is 1. The van der Waals surface area contributed by atoms with Crippen LogP contribution in [0.4, 0.5) is 10.1 Å². The van der Waals surface area contributed by atoms with Gasteiger partial charge in [-0.15, -0.1) is 0 Å². The quantitative estimate of drug-likeness (QED) is 0.743. The minimum absolute atomic E-state index is 0.145. The largest absolute Gasteiger partial charge is 0.368 e. The molecule has 1 fully saturated rings. The maximum absolute atomic E-state index is 13.2. The van der Waals surface area contributed by atoms with Crippen molar-refractivity contribution in [3.63, 3.8) is 0 Å². The molecule has 2 rings (SSSR count). The van der Waals surface area contributed by atoms with Gasteiger partial charge in [-0.2, -0.15) is 0 Å². The third-order valence-corrected chi connectivity index (χ3v) is 4.20. The van der Waals surface area contributed by atoms with Crippen molar-refractivity contribution in [2.45, 2.75) is 44.0 Å². The first kappa shape index (κ1) is 12.9. The molecule has 1 atom stereocenters. The fraction of sp³-hybridized carbons (Fsp3) is 0.571. The number of anilines is 1. The summed E-state index contributed by atoms with van der Waals surface area (Å²) in [7, 11) is 0. The van der Waals surface area contributed by atoms with Crippen LogP contribution in [0.5, 0.6) is 0 Å². The Morgan fingerprint density at radius 2 is 2.24 bits per heavy atom. The number of benzene rings is 1. The molecule has 1 aliphatic heterocycles. The van der Waals surface area contributed by atoms with Gasteiger partial charge in [0.25, 0.3) is 0 Å². The van der Waals surface area contributed by atoms with Crippen LogP contribution in [0.15, 0.2) is 18.2 Å². The number of alkyl halides is 1. The van der Waals surface area contributed by atoms with Crippen molar-refractivity contribution in [3.8, 4) is 0 Å². The lowest BCUT2D eigenvalue weighted by atomic mass is 9.98. The van der Waals surface area contributed by atoms with E-state index in [1.165, 1.54) is 31.4 Å². The van der Waals surface area contributed by atoms with Crippen LogP contribution >= 0.6 is 15.9 Å². The summed E-state index contributed by atoms with van der Waals surface area (Å²) in [6.45, 7) is 3.34. The molecule has 0 bridgehead atoms. The predicted octanol–water partition coefficient (Wildman–Crippen LogP) is 4.49. The molecule has 0 radical (unpaired) electrons. The molecule has 0 N–H and O–H groups in total. The topological polar surface area (TPSA) is 3.24 Å². The summed E-state index contributed by atoms with van der Waals surface area (Å²) in [5.41, 5.74) is 2.26. The Morgan fingerprint density at radius 3 is 2.94 bits per heavy atom. The van der Waals surface area contributed by atoms with Crippen molar-refractivity contribution in [1.82, 2.24) is 0 Å². The van der Waals surface area contributed by atoms with E-state index in [0.29, 0.717) is 11.4 Å². The van der Waals surface area contributed by atoms with Crippen molar-refractivity contribution >= 4 is 21.6 Å². The lowest BCUT2D eigenvalue weighted by molar-refractivity contribution is 0.449. The standard InChI is InChI=1S/C14H19BrFN/c1-2-13-5-3-4-8-17(13)14-7-6-12(16)9-11(14)10-15/h6-7,9,13H,2-5,8,10H2,1H3. The van der Waals surface area contributed by atoms with Crippen LogP contribution in [-0.4, -0.2) is 12.6 Å². The maximum Gasteiger partial charge on any atom is 0.123 e. The molecule has 1 aromatic rings. The van der Waals surface area contributed by atoms with E-state index in [2.05, 4.69) is 27.8 Å². The van der Waals surface area contributed by atoms with E-state index in [0.717, 1.165) is 12.1 Å². The van der Waals surface area contributed by atoms with Gasteiger partial charge >= 0.3 is 0 Å². The van der Waals surface area contributed by atoms with Crippen molar-refractivity contribution < 1.29 is 4.39 Å². The molecule has 0 amide bonds. The number of halogens is 2.